The number of rotatable bonds is 6. The summed E-state index contributed by atoms with van der Waals surface area (Å²) >= 11 is 5.98. The second-order valence-corrected chi connectivity index (χ2v) is 6.26. The van der Waals surface area contributed by atoms with Crippen LogP contribution in [0.1, 0.15) is 43.7 Å². The van der Waals surface area contributed by atoms with Crippen molar-refractivity contribution in [1.29, 1.82) is 0 Å². The highest BCUT2D eigenvalue weighted by Gasteiger charge is 2.13. The molecule has 1 amide bonds. The molecule has 130 valence electrons. The first-order chi connectivity index (χ1) is 11.0. The number of nitrogens with one attached hydrogen (secondary N) is 1. The summed E-state index contributed by atoms with van der Waals surface area (Å²) < 4.78 is 1.89. The smallest absolute Gasteiger partial charge is 0.290 e. The number of pyridine rings is 1. The van der Waals surface area contributed by atoms with Gasteiger partial charge in [-0.1, -0.05) is 31.5 Å². The van der Waals surface area contributed by atoms with Crippen molar-refractivity contribution in [3.05, 3.63) is 58.9 Å². The van der Waals surface area contributed by atoms with Crippen LogP contribution in [0.3, 0.4) is 0 Å². The molecule has 0 fully saturated rings. The van der Waals surface area contributed by atoms with Crippen LogP contribution < -0.4 is 22.3 Å². The SMILES string of the molecule is CCC(CC)c1cc[n+](CC(=O)Nc2cc(Cl)ccc2C)cc1.[Cl-]. The van der Waals surface area contributed by atoms with E-state index >= 15 is 0 Å². The van der Waals surface area contributed by atoms with Gasteiger partial charge in [0.1, 0.15) is 0 Å². The first kappa shape index (κ1) is 20.5. The maximum atomic E-state index is 12.2. The summed E-state index contributed by atoms with van der Waals surface area (Å²) in [5.74, 6) is 0.531. The highest BCUT2D eigenvalue weighted by atomic mass is 35.5. The molecule has 2 rings (SSSR count). The van der Waals surface area contributed by atoms with Gasteiger partial charge in [-0.15, -0.1) is 0 Å². The van der Waals surface area contributed by atoms with Crippen LogP contribution in [-0.2, 0) is 11.3 Å². The van der Waals surface area contributed by atoms with E-state index in [1.807, 2.05) is 36.0 Å². The van der Waals surface area contributed by atoms with E-state index in [0.29, 0.717) is 10.9 Å². The van der Waals surface area contributed by atoms with Crippen molar-refractivity contribution in [3.63, 3.8) is 0 Å². The number of hydrogen-bond acceptors (Lipinski definition) is 1. The third kappa shape index (κ3) is 5.50. The molecule has 1 N–H and O–H groups in total. The van der Waals surface area contributed by atoms with Gasteiger partial charge in [0.2, 0.25) is 6.54 Å². The standard InChI is InChI=1S/C19H23ClN2O.ClH/c1-4-15(5-2)16-8-10-22(11-9-16)13-19(23)21-18-12-17(20)7-6-14(18)3;/h6-12,15H,4-5,13H2,1-3H3;1H. The molecule has 0 aliphatic heterocycles. The molecule has 0 bridgehead atoms. The number of hydrogen-bond donors (Lipinski definition) is 1. The molecule has 0 aliphatic carbocycles. The van der Waals surface area contributed by atoms with E-state index in [-0.39, 0.29) is 24.9 Å². The summed E-state index contributed by atoms with van der Waals surface area (Å²) in [6, 6.07) is 9.70. The molecule has 0 unspecified atom stereocenters. The minimum absolute atomic E-state index is 0. The van der Waals surface area contributed by atoms with E-state index in [4.69, 9.17) is 11.6 Å². The monoisotopic (exact) mass is 366 g/mol. The van der Waals surface area contributed by atoms with Gasteiger partial charge in [-0.2, -0.15) is 4.57 Å². The zero-order chi connectivity index (χ0) is 16.8. The summed E-state index contributed by atoms with van der Waals surface area (Å²) in [5.41, 5.74) is 3.09. The Morgan fingerprint density at radius 1 is 1.17 bits per heavy atom. The molecule has 0 saturated heterocycles. The highest BCUT2D eigenvalue weighted by Crippen LogP contribution is 2.21. The molecule has 0 radical (unpaired) electrons. The summed E-state index contributed by atoms with van der Waals surface area (Å²) in [7, 11) is 0. The van der Waals surface area contributed by atoms with Crippen molar-refractivity contribution in [1.82, 2.24) is 0 Å². The van der Waals surface area contributed by atoms with Crippen molar-refractivity contribution >= 4 is 23.2 Å². The third-order valence-electron chi connectivity index (χ3n) is 4.17. The number of carbonyl (C=O) groups excluding carboxylic acids is 1. The van der Waals surface area contributed by atoms with Gasteiger partial charge in [0, 0.05) is 22.8 Å². The molecular weight excluding hydrogens is 343 g/mol. The second-order valence-electron chi connectivity index (χ2n) is 5.82. The molecule has 1 aromatic heterocycles. The van der Waals surface area contributed by atoms with Gasteiger partial charge in [0.05, 0.1) is 0 Å². The fraction of sp³-hybridized carbons (Fsp3) is 0.368. The topological polar surface area (TPSA) is 33.0 Å². The first-order valence-corrected chi connectivity index (χ1v) is 8.46. The summed E-state index contributed by atoms with van der Waals surface area (Å²) in [6.07, 6.45) is 6.21. The molecule has 0 saturated carbocycles. The number of halogens is 2. The lowest BCUT2D eigenvalue weighted by Crippen LogP contribution is -3.00. The molecule has 0 atom stereocenters. The Labute approximate surface area is 155 Å². The number of amides is 1. The molecule has 5 heteroatoms. The highest BCUT2D eigenvalue weighted by molar-refractivity contribution is 6.31. The third-order valence-corrected chi connectivity index (χ3v) is 4.41. The minimum atomic E-state index is -0.0596. The molecule has 1 aromatic carbocycles. The fourth-order valence-electron chi connectivity index (χ4n) is 2.69. The first-order valence-electron chi connectivity index (χ1n) is 8.08. The second kappa shape index (κ2) is 9.65. The fourth-order valence-corrected chi connectivity index (χ4v) is 2.86. The van der Waals surface area contributed by atoms with Crippen LogP contribution in [0, 0.1) is 6.92 Å². The molecule has 0 aliphatic rings. The van der Waals surface area contributed by atoms with E-state index in [1.165, 1.54) is 5.56 Å². The Morgan fingerprint density at radius 2 is 1.79 bits per heavy atom. The van der Waals surface area contributed by atoms with E-state index in [9.17, 15) is 4.79 Å². The Bertz CT molecular complexity index is 668. The van der Waals surface area contributed by atoms with Crippen molar-refractivity contribution in [2.45, 2.75) is 46.1 Å². The van der Waals surface area contributed by atoms with Crippen LogP contribution in [0.2, 0.25) is 5.02 Å². The van der Waals surface area contributed by atoms with Crippen molar-refractivity contribution in [2.24, 2.45) is 0 Å². The van der Waals surface area contributed by atoms with Gasteiger partial charge >= 0.3 is 0 Å². The van der Waals surface area contributed by atoms with E-state index < -0.39 is 0 Å². The average molecular weight is 367 g/mol. The van der Waals surface area contributed by atoms with Gasteiger partial charge in [0.25, 0.3) is 5.91 Å². The normalized spacial score (nSPS) is 10.4. The molecule has 0 spiro atoms. The lowest BCUT2D eigenvalue weighted by atomic mass is 9.95. The maximum Gasteiger partial charge on any atom is 0.290 e. The maximum absolute atomic E-state index is 12.2. The van der Waals surface area contributed by atoms with Gasteiger partial charge < -0.3 is 17.7 Å². The number of carbonyl (C=O) groups is 1. The lowest BCUT2D eigenvalue weighted by Gasteiger charge is -2.11. The van der Waals surface area contributed by atoms with Crippen molar-refractivity contribution < 1.29 is 21.8 Å². The Balaban J connectivity index is 0.00000288. The largest absolute Gasteiger partial charge is 1.00 e. The number of benzene rings is 1. The predicted octanol–water partition coefficient (Wildman–Crippen LogP) is 1.48. The summed E-state index contributed by atoms with van der Waals surface area (Å²) in [5, 5.41) is 3.53. The van der Waals surface area contributed by atoms with Crippen LogP contribution in [0.5, 0.6) is 0 Å². The number of nitrogens with zero attached hydrogens (tertiary/aromatic N) is 1. The zero-order valence-electron chi connectivity index (χ0n) is 14.4. The molecular formula is C19H24Cl2N2O. The quantitative estimate of drug-likeness (QED) is 0.771. The van der Waals surface area contributed by atoms with E-state index in [0.717, 1.165) is 24.1 Å². The number of aromatic nitrogens is 1. The molecule has 24 heavy (non-hydrogen) atoms. The Hall–Kier alpha value is -1.58. The summed E-state index contributed by atoms with van der Waals surface area (Å²) in [4.78, 5) is 12.2. The van der Waals surface area contributed by atoms with Gasteiger partial charge in [-0.3, -0.25) is 4.79 Å². The van der Waals surface area contributed by atoms with Crippen molar-refractivity contribution in [3.8, 4) is 0 Å². The summed E-state index contributed by atoms with van der Waals surface area (Å²) in [6.45, 7) is 6.64. The van der Waals surface area contributed by atoms with Crippen LogP contribution in [0.15, 0.2) is 42.7 Å². The van der Waals surface area contributed by atoms with E-state index in [1.54, 1.807) is 6.07 Å². The van der Waals surface area contributed by atoms with Crippen LogP contribution in [0.4, 0.5) is 5.69 Å². The number of aryl methyl sites for hydroxylation is 1. The Kier molecular flexibility index (Phi) is 8.23. The van der Waals surface area contributed by atoms with Gasteiger partial charge in [-0.25, -0.2) is 0 Å². The van der Waals surface area contributed by atoms with Crippen molar-refractivity contribution in [2.75, 3.05) is 5.32 Å². The van der Waals surface area contributed by atoms with Crippen LogP contribution in [-0.4, -0.2) is 5.91 Å². The predicted molar refractivity (Wildman–Crippen MR) is 94.8 cm³/mol. The molecule has 3 nitrogen and oxygen atoms in total. The number of anilines is 1. The minimum Gasteiger partial charge on any atom is -1.00 e. The van der Waals surface area contributed by atoms with Gasteiger partial charge in [0.15, 0.2) is 12.4 Å². The van der Waals surface area contributed by atoms with Crippen LogP contribution in [0.25, 0.3) is 0 Å². The average Bonchev–Trinajstić information content (AvgIpc) is 2.53. The molecule has 1 heterocycles. The van der Waals surface area contributed by atoms with Gasteiger partial charge in [-0.05, 0) is 48.9 Å². The zero-order valence-corrected chi connectivity index (χ0v) is 15.9. The lowest BCUT2D eigenvalue weighted by molar-refractivity contribution is -0.684. The van der Waals surface area contributed by atoms with E-state index in [2.05, 4.69) is 31.3 Å². The van der Waals surface area contributed by atoms with Crippen LogP contribution >= 0.6 is 11.6 Å². The molecule has 2 aromatic rings. The Morgan fingerprint density at radius 3 is 2.38 bits per heavy atom.